The number of unbranched alkanes of at least 4 members (excludes halogenated alkanes) is 2. The summed E-state index contributed by atoms with van der Waals surface area (Å²) in [5.41, 5.74) is 0.771. The normalized spacial score (nSPS) is 10.0. The van der Waals surface area contributed by atoms with Gasteiger partial charge in [-0.15, -0.1) is 0 Å². The fraction of sp³-hybridized carbons (Fsp3) is 0.889. The highest BCUT2D eigenvalue weighted by Crippen LogP contribution is 1.90. The van der Waals surface area contributed by atoms with E-state index in [2.05, 4.69) is 12.2 Å². The predicted octanol–water partition coefficient (Wildman–Crippen LogP) is 2.20. The molecule has 0 aliphatic rings. The minimum atomic E-state index is 0.771. The van der Waals surface area contributed by atoms with Crippen molar-refractivity contribution >= 4 is 5.71 Å². The van der Waals surface area contributed by atoms with Crippen LogP contribution in [0.5, 0.6) is 0 Å². The molecule has 0 amide bonds. The molecule has 2 N–H and O–H groups in total. The van der Waals surface area contributed by atoms with E-state index in [0.29, 0.717) is 0 Å². The Morgan fingerprint density at radius 3 is 2.55 bits per heavy atom. The van der Waals surface area contributed by atoms with Gasteiger partial charge >= 0.3 is 0 Å². The molecule has 2 heteroatoms. The van der Waals surface area contributed by atoms with Crippen molar-refractivity contribution in [2.45, 2.75) is 39.5 Å². The maximum Gasteiger partial charge on any atom is 0.00708 e. The van der Waals surface area contributed by atoms with Crippen LogP contribution in [0.3, 0.4) is 0 Å². The average molecular weight is 156 g/mol. The van der Waals surface area contributed by atoms with Crippen molar-refractivity contribution in [3.8, 4) is 0 Å². The quantitative estimate of drug-likeness (QED) is 0.430. The minimum absolute atomic E-state index is 0.771. The molecule has 2 nitrogen and oxygen atoms in total. The summed E-state index contributed by atoms with van der Waals surface area (Å²) >= 11 is 0. The second-order valence-corrected chi connectivity index (χ2v) is 2.99. The lowest BCUT2D eigenvalue weighted by atomic mass is 10.2. The van der Waals surface area contributed by atoms with Gasteiger partial charge in [-0.3, -0.25) is 0 Å². The third-order valence-corrected chi connectivity index (χ3v) is 1.63. The Morgan fingerprint density at radius 2 is 2.00 bits per heavy atom. The molecule has 66 valence electrons. The Balaban J connectivity index is 2.85. The maximum atomic E-state index is 7.17. The van der Waals surface area contributed by atoms with Gasteiger partial charge in [-0.2, -0.15) is 0 Å². The zero-order valence-corrected chi connectivity index (χ0v) is 7.74. The van der Waals surface area contributed by atoms with Crippen molar-refractivity contribution in [3.63, 3.8) is 0 Å². The van der Waals surface area contributed by atoms with Gasteiger partial charge in [-0.1, -0.05) is 19.8 Å². The highest BCUT2D eigenvalue weighted by molar-refractivity contribution is 5.78. The van der Waals surface area contributed by atoms with Crippen LogP contribution in [0.15, 0.2) is 0 Å². The van der Waals surface area contributed by atoms with E-state index in [-0.39, 0.29) is 0 Å². The molecule has 0 radical (unpaired) electrons. The van der Waals surface area contributed by atoms with E-state index in [0.717, 1.165) is 25.2 Å². The lowest BCUT2D eigenvalue weighted by Gasteiger charge is -2.02. The first-order valence-corrected chi connectivity index (χ1v) is 4.52. The molecule has 0 saturated heterocycles. The van der Waals surface area contributed by atoms with E-state index < -0.39 is 0 Å². The van der Waals surface area contributed by atoms with Crippen LogP contribution in [-0.4, -0.2) is 18.8 Å². The second-order valence-electron chi connectivity index (χ2n) is 2.99. The van der Waals surface area contributed by atoms with Gasteiger partial charge in [0.05, 0.1) is 0 Å². The Hall–Kier alpha value is -0.370. The SMILES string of the molecule is CCCCCNCCC(C)=N. The maximum absolute atomic E-state index is 7.17. The van der Waals surface area contributed by atoms with Crippen molar-refractivity contribution in [1.29, 1.82) is 5.41 Å². The van der Waals surface area contributed by atoms with E-state index in [9.17, 15) is 0 Å². The van der Waals surface area contributed by atoms with Crippen molar-refractivity contribution < 1.29 is 0 Å². The molecular weight excluding hydrogens is 136 g/mol. The standard InChI is InChI=1S/C9H20N2/c1-3-4-5-7-11-8-6-9(2)10/h10-11H,3-8H2,1-2H3. The Labute approximate surface area is 69.9 Å². The van der Waals surface area contributed by atoms with Gasteiger partial charge in [0.2, 0.25) is 0 Å². The fourth-order valence-corrected chi connectivity index (χ4v) is 0.901. The predicted molar refractivity (Wildman–Crippen MR) is 50.4 cm³/mol. The fourth-order valence-electron chi connectivity index (χ4n) is 0.901. The van der Waals surface area contributed by atoms with Crippen LogP contribution in [0.2, 0.25) is 0 Å². The third kappa shape index (κ3) is 9.63. The van der Waals surface area contributed by atoms with Crippen LogP contribution < -0.4 is 5.32 Å². The molecular formula is C9H20N2. The van der Waals surface area contributed by atoms with Gasteiger partial charge in [-0.05, 0) is 26.3 Å². The number of hydrogen-bond donors (Lipinski definition) is 2. The van der Waals surface area contributed by atoms with Crippen LogP contribution in [0.25, 0.3) is 0 Å². The van der Waals surface area contributed by atoms with E-state index in [1.807, 2.05) is 6.92 Å². The molecule has 11 heavy (non-hydrogen) atoms. The van der Waals surface area contributed by atoms with Gasteiger partial charge in [0.15, 0.2) is 0 Å². The third-order valence-electron chi connectivity index (χ3n) is 1.63. The molecule has 0 atom stereocenters. The molecule has 0 aromatic heterocycles. The van der Waals surface area contributed by atoms with E-state index >= 15 is 0 Å². The zero-order valence-electron chi connectivity index (χ0n) is 7.74. The van der Waals surface area contributed by atoms with Crippen LogP contribution in [0.4, 0.5) is 0 Å². The summed E-state index contributed by atoms with van der Waals surface area (Å²) in [6, 6.07) is 0. The smallest absolute Gasteiger partial charge is 0.00708 e. The average Bonchev–Trinajstić information content (AvgIpc) is 1.96. The summed E-state index contributed by atoms with van der Waals surface area (Å²) in [5, 5.41) is 10.5. The van der Waals surface area contributed by atoms with Crippen molar-refractivity contribution in [2.24, 2.45) is 0 Å². The van der Waals surface area contributed by atoms with Gasteiger partial charge in [0.25, 0.3) is 0 Å². The van der Waals surface area contributed by atoms with Gasteiger partial charge < -0.3 is 10.7 Å². The molecule has 0 fully saturated rings. The van der Waals surface area contributed by atoms with Gasteiger partial charge in [0, 0.05) is 12.3 Å². The second kappa shape index (κ2) is 7.73. The molecule has 0 spiro atoms. The zero-order chi connectivity index (χ0) is 8.53. The highest BCUT2D eigenvalue weighted by Gasteiger charge is 1.88. The first kappa shape index (κ1) is 10.6. The summed E-state index contributed by atoms with van der Waals surface area (Å²) in [5.74, 6) is 0. The van der Waals surface area contributed by atoms with Crippen molar-refractivity contribution in [3.05, 3.63) is 0 Å². The Kier molecular flexibility index (Phi) is 7.47. The van der Waals surface area contributed by atoms with E-state index in [4.69, 9.17) is 5.41 Å². The molecule has 0 rings (SSSR count). The Morgan fingerprint density at radius 1 is 1.27 bits per heavy atom. The first-order valence-electron chi connectivity index (χ1n) is 4.52. The van der Waals surface area contributed by atoms with Gasteiger partial charge in [-0.25, -0.2) is 0 Å². The lowest BCUT2D eigenvalue weighted by molar-refractivity contribution is 0.624. The summed E-state index contributed by atoms with van der Waals surface area (Å²) in [4.78, 5) is 0. The molecule has 0 unspecified atom stereocenters. The first-order chi connectivity index (χ1) is 5.27. The molecule has 0 aliphatic carbocycles. The van der Waals surface area contributed by atoms with Gasteiger partial charge in [0.1, 0.15) is 0 Å². The van der Waals surface area contributed by atoms with Crippen LogP contribution in [0.1, 0.15) is 39.5 Å². The molecule has 0 aromatic rings. The summed E-state index contributed by atoms with van der Waals surface area (Å²) < 4.78 is 0. The van der Waals surface area contributed by atoms with Crippen LogP contribution >= 0.6 is 0 Å². The molecule has 0 aromatic carbocycles. The molecule has 0 saturated carbocycles. The van der Waals surface area contributed by atoms with Crippen LogP contribution in [-0.2, 0) is 0 Å². The summed E-state index contributed by atoms with van der Waals surface area (Å²) in [7, 11) is 0. The monoisotopic (exact) mass is 156 g/mol. The van der Waals surface area contributed by atoms with E-state index in [1.165, 1.54) is 19.3 Å². The topological polar surface area (TPSA) is 35.9 Å². The summed E-state index contributed by atoms with van der Waals surface area (Å²) in [6.07, 6.45) is 4.77. The van der Waals surface area contributed by atoms with Crippen molar-refractivity contribution in [2.75, 3.05) is 13.1 Å². The molecule has 0 heterocycles. The minimum Gasteiger partial charge on any atom is -0.316 e. The molecule has 0 bridgehead atoms. The van der Waals surface area contributed by atoms with Crippen LogP contribution in [0, 0.1) is 5.41 Å². The number of nitrogens with one attached hydrogen (secondary N) is 2. The lowest BCUT2D eigenvalue weighted by Crippen LogP contribution is -2.18. The highest BCUT2D eigenvalue weighted by atomic mass is 14.8. The Bertz CT molecular complexity index is 99.7. The molecule has 0 aliphatic heterocycles. The van der Waals surface area contributed by atoms with E-state index in [1.54, 1.807) is 0 Å². The largest absolute Gasteiger partial charge is 0.316 e. The van der Waals surface area contributed by atoms with Crippen molar-refractivity contribution in [1.82, 2.24) is 5.32 Å². The number of hydrogen-bond acceptors (Lipinski definition) is 2. The number of rotatable bonds is 7. The summed E-state index contributed by atoms with van der Waals surface area (Å²) in [6.45, 7) is 6.15.